The van der Waals surface area contributed by atoms with E-state index in [2.05, 4.69) is 16.7 Å². The van der Waals surface area contributed by atoms with Gasteiger partial charge in [0.2, 0.25) is 0 Å². The second-order valence-electron chi connectivity index (χ2n) is 4.31. The predicted molar refractivity (Wildman–Crippen MR) is 83.8 cm³/mol. The third-order valence-electron chi connectivity index (χ3n) is 2.79. The average molecular weight is 291 g/mol. The number of hydrogen-bond acceptors (Lipinski definition) is 5. The molecule has 0 spiro atoms. The topological polar surface area (TPSA) is 67.2 Å². The second-order valence-corrected chi connectivity index (χ2v) is 5.34. The molecule has 6 heteroatoms. The van der Waals surface area contributed by atoms with E-state index >= 15 is 0 Å². The molecule has 0 atom stereocenters. The van der Waals surface area contributed by atoms with Gasteiger partial charge in [0, 0.05) is 41.5 Å². The third kappa shape index (κ3) is 3.96. The molecule has 0 aliphatic rings. The van der Waals surface area contributed by atoms with Crippen LogP contribution in [0.5, 0.6) is 0 Å². The minimum absolute atomic E-state index is 0.0991. The van der Waals surface area contributed by atoms with Crippen LogP contribution in [0.2, 0.25) is 0 Å². The van der Waals surface area contributed by atoms with Gasteiger partial charge >= 0.3 is 0 Å². The van der Waals surface area contributed by atoms with Crippen molar-refractivity contribution in [2.24, 2.45) is 0 Å². The van der Waals surface area contributed by atoms with Crippen molar-refractivity contribution in [2.45, 2.75) is 13.3 Å². The monoisotopic (exact) mass is 291 g/mol. The Morgan fingerprint density at radius 2 is 2.00 bits per heavy atom. The Bertz CT molecular complexity index is 570. The van der Waals surface area contributed by atoms with Crippen LogP contribution in [0.1, 0.15) is 11.8 Å². The van der Waals surface area contributed by atoms with Gasteiger partial charge in [-0.15, -0.1) is 11.3 Å². The highest BCUT2D eigenvalue weighted by molar-refractivity contribution is 7.09. The third-order valence-corrected chi connectivity index (χ3v) is 3.73. The van der Waals surface area contributed by atoms with Crippen LogP contribution in [0, 0.1) is 10.1 Å². The number of rotatable bonds is 7. The van der Waals surface area contributed by atoms with Gasteiger partial charge in [0.1, 0.15) is 0 Å². The summed E-state index contributed by atoms with van der Waals surface area (Å²) < 4.78 is 0. The SMILES string of the molecule is CCNc1cc(NCCc2cccs2)cc([N+](=O)[O-])c1. The number of hydrogen-bond donors (Lipinski definition) is 2. The van der Waals surface area contributed by atoms with E-state index in [-0.39, 0.29) is 10.6 Å². The number of non-ortho nitro benzene ring substituents is 1. The number of thiophene rings is 1. The number of nitro groups is 1. The number of anilines is 2. The van der Waals surface area contributed by atoms with Crippen LogP contribution < -0.4 is 10.6 Å². The van der Waals surface area contributed by atoms with Crippen molar-refractivity contribution in [3.63, 3.8) is 0 Å². The van der Waals surface area contributed by atoms with Crippen LogP contribution >= 0.6 is 11.3 Å². The Hall–Kier alpha value is -2.08. The van der Waals surface area contributed by atoms with Gasteiger partial charge in [0.15, 0.2) is 0 Å². The van der Waals surface area contributed by atoms with Crippen LogP contribution in [0.3, 0.4) is 0 Å². The van der Waals surface area contributed by atoms with Crippen LogP contribution in [0.4, 0.5) is 17.1 Å². The Kier molecular flexibility index (Phi) is 4.95. The molecule has 1 aromatic carbocycles. The van der Waals surface area contributed by atoms with Gasteiger partial charge in [-0.2, -0.15) is 0 Å². The lowest BCUT2D eigenvalue weighted by Gasteiger charge is -2.09. The summed E-state index contributed by atoms with van der Waals surface area (Å²) in [6.07, 6.45) is 0.914. The molecule has 0 saturated carbocycles. The fraction of sp³-hybridized carbons (Fsp3) is 0.286. The van der Waals surface area contributed by atoms with Crippen LogP contribution in [-0.2, 0) is 6.42 Å². The maximum atomic E-state index is 10.9. The number of nitrogens with one attached hydrogen (secondary N) is 2. The zero-order valence-corrected chi connectivity index (χ0v) is 12.1. The summed E-state index contributed by atoms with van der Waals surface area (Å²) in [5.41, 5.74) is 1.63. The van der Waals surface area contributed by atoms with E-state index < -0.39 is 0 Å². The molecule has 106 valence electrons. The van der Waals surface area contributed by atoms with E-state index in [9.17, 15) is 10.1 Å². The standard InChI is InChI=1S/C14H17N3O2S/c1-2-15-11-8-12(10-13(9-11)17(18)19)16-6-5-14-4-3-7-20-14/h3-4,7-10,15-16H,2,5-6H2,1H3. The Labute approximate surface area is 121 Å². The molecular weight excluding hydrogens is 274 g/mol. The lowest BCUT2D eigenvalue weighted by atomic mass is 10.2. The van der Waals surface area contributed by atoms with E-state index in [4.69, 9.17) is 0 Å². The molecule has 2 N–H and O–H groups in total. The molecule has 0 amide bonds. The highest BCUT2D eigenvalue weighted by Crippen LogP contribution is 2.24. The first-order valence-corrected chi connectivity index (χ1v) is 7.36. The fourth-order valence-electron chi connectivity index (χ4n) is 1.91. The molecule has 0 aliphatic carbocycles. The minimum Gasteiger partial charge on any atom is -0.385 e. The van der Waals surface area contributed by atoms with Crippen LogP contribution in [-0.4, -0.2) is 18.0 Å². The summed E-state index contributed by atoms with van der Waals surface area (Å²) in [6.45, 7) is 3.45. The maximum absolute atomic E-state index is 10.9. The smallest absolute Gasteiger partial charge is 0.273 e. The molecule has 1 aromatic heterocycles. The molecule has 0 unspecified atom stereocenters. The molecule has 2 aromatic rings. The molecule has 2 rings (SSSR count). The zero-order valence-electron chi connectivity index (χ0n) is 11.3. The second kappa shape index (κ2) is 6.91. The quantitative estimate of drug-likeness (QED) is 0.602. The maximum Gasteiger partial charge on any atom is 0.273 e. The zero-order chi connectivity index (χ0) is 14.4. The Morgan fingerprint density at radius 3 is 2.60 bits per heavy atom. The molecule has 0 aliphatic heterocycles. The van der Waals surface area contributed by atoms with E-state index in [0.29, 0.717) is 0 Å². The molecule has 0 saturated heterocycles. The van der Waals surface area contributed by atoms with Crippen molar-refractivity contribution >= 4 is 28.4 Å². The summed E-state index contributed by atoms with van der Waals surface area (Å²) in [4.78, 5) is 11.9. The van der Waals surface area contributed by atoms with Crippen molar-refractivity contribution in [3.05, 3.63) is 50.7 Å². The molecular formula is C14H17N3O2S. The van der Waals surface area contributed by atoms with Crippen molar-refractivity contribution in [1.29, 1.82) is 0 Å². The first-order chi connectivity index (χ1) is 9.69. The van der Waals surface area contributed by atoms with Crippen molar-refractivity contribution in [1.82, 2.24) is 0 Å². The lowest BCUT2D eigenvalue weighted by Crippen LogP contribution is -2.05. The fourth-order valence-corrected chi connectivity index (χ4v) is 2.62. The van der Waals surface area contributed by atoms with Gasteiger partial charge in [0.25, 0.3) is 5.69 Å². The predicted octanol–water partition coefficient (Wildman–Crippen LogP) is 3.74. The molecule has 0 radical (unpaired) electrons. The van der Waals surface area contributed by atoms with E-state index in [1.807, 2.05) is 24.4 Å². The molecule has 1 heterocycles. The summed E-state index contributed by atoms with van der Waals surface area (Å²) in [5, 5.41) is 19.3. The van der Waals surface area contributed by atoms with Crippen molar-refractivity contribution < 1.29 is 4.92 Å². The summed E-state index contributed by atoms with van der Waals surface area (Å²) >= 11 is 1.72. The van der Waals surface area contributed by atoms with E-state index in [1.165, 1.54) is 4.88 Å². The van der Waals surface area contributed by atoms with Crippen molar-refractivity contribution in [3.8, 4) is 0 Å². The number of benzene rings is 1. The average Bonchev–Trinajstić information content (AvgIpc) is 2.92. The van der Waals surface area contributed by atoms with Crippen LogP contribution in [0.25, 0.3) is 0 Å². The van der Waals surface area contributed by atoms with Gasteiger partial charge in [-0.05, 0) is 30.9 Å². The first-order valence-electron chi connectivity index (χ1n) is 6.48. The summed E-state index contributed by atoms with van der Waals surface area (Å²) in [7, 11) is 0. The molecule has 0 bridgehead atoms. The van der Waals surface area contributed by atoms with Gasteiger partial charge < -0.3 is 10.6 Å². The number of nitrogens with zero attached hydrogens (tertiary/aromatic N) is 1. The molecule has 5 nitrogen and oxygen atoms in total. The molecule has 20 heavy (non-hydrogen) atoms. The van der Waals surface area contributed by atoms with E-state index in [0.717, 1.165) is 30.9 Å². The van der Waals surface area contributed by atoms with Gasteiger partial charge in [-0.1, -0.05) is 6.07 Å². The Balaban J connectivity index is 2.03. The summed E-state index contributed by atoms with van der Waals surface area (Å²) in [5.74, 6) is 0. The highest BCUT2D eigenvalue weighted by Gasteiger charge is 2.09. The van der Waals surface area contributed by atoms with Gasteiger partial charge in [0.05, 0.1) is 4.92 Å². The summed E-state index contributed by atoms with van der Waals surface area (Å²) in [6, 6.07) is 9.12. The largest absolute Gasteiger partial charge is 0.385 e. The minimum atomic E-state index is -0.370. The highest BCUT2D eigenvalue weighted by atomic mass is 32.1. The lowest BCUT2D eigenvalue weighted by molar-refractivity contribution is -0.384. The van der Waals surface area contributed by atoms with Gasteiger partial charge in [-0.3, -0.25) is 10.1 Å². The Morgan fingerprint density at radius 1 is 1.25 bits per heavy atom. The normalized spacial score (nSPS) is 10.2. The first kappa shape index (κ1) is 14.3. The number of nitro benzene ring substituents is 1. The van der Waals surface area contributed by atoms with Crippen molar-refractivity contribution in [2.75, 3.05) is 23.7 Å². The van der Waals surface area contributed by atoms with E-state index in [1.54, 1.807) is 23.5 Å². The van der Waals surface area contributed by atoms with Crippen LogP contribution in [0.15, 0.2) is 35.7 Å². The van der Waals surface area contributed by atoms with Gasteiger partial charge in [-0.25, -0.2) is 0 Å². The molecule has 0 fully saturated rings.